The molecule has 1 aromatic rings. The van der Waals surface area contributed by atoms with Gasteiger partial charge in [0.2, 0.25) is 5.91 Å². The zero-order chi connectivity index (χ0) is 13.4. The summed E-state index contributed by atoms with van der Waals surface area (Å²) in [5.41, 5.74) is 0. The minimum atomic E-state index is -0.158. The molecule has 2 N–H and O–H groups in total. The molecular weight excluding hydrogens is 246 g/mol. The molecule has 18 heavy (non-hydrogen) atoms. The first-order valence-electron chi connectivity index (χ1n) is 6.56. The van der Waals surface area contributed by atoms with Crippen LogP contribution in [-0.2, 0) is 11.3 Å². The standard InChI is InChI=1S/C13H23N3OS/c1-4-5-6-7-14-13(17)10(2)15-8-12-9-16-11(3)18-12/h9-10,15H,4-8H2,1-3H3,(H,14,17). The van der Waals surface area contributed by atoms with E-state index in [1.807, 2.05) is 20.0 Å². The van der Waals surface area contributed by atoms with Crippen LogP contribution in [0.2, 0.25) is 0 Å². The van der Waals surface area contributed by atoms with Crippen LogP contribution in [0, 0.1) is 6.92 Å². The maximum Gasteiger partial charge on any atom is 0.236 e. The molecule has 0 aliphatic carbocycles. The van der Waals surface area contributed by atoms with Gasteiger partial charge in [-0.1, -0.05) is 19.8 Å². The van der Waals surface area contributed by atoms with Gasteiger partial charge in [0.1, 0.15) is 0 Å². The van der Waals surface area contributed by atoms with Crippen LogP contribution < -0.4 is 10.6 Å². The van der Waals surface area contributed by atoms with Gasteiger partial charge in [0.05, 0.1) is 11.0 Å². The quantitative estimate of drug-likeness (QED) is 0.712. The van der Waals surface area contributed by atoms with Gasteiger partial charge in [0.25, 0.3) is 0 Å². The van der Waals surface area contributed by atoms with E-state index in [0.29, 0.717) is 6.54 Å². The molecule has 1 atom stereocenters. The summed E-state index contributed by atoms with van der Waals surface area (Å²) in [6, 6.07) is -0.158. The van der Waals surface area contributed by atoms with E-state index in [9.17, 15) is 4.79 Å². The van der Waals surface area contributed by atoms with Crippen molar-refractivity contribution in [3.8, 4) is 0 Å². The van der Waals surface area contributed by atoms with Crippen molar-refractivity contribution < 1.29 is 4.79 Å². The first-order valence-corrected chi connectivity index (χ1v) is 7.37. The Bertz CT molecular complexity index is 365. The molecule has 1 amide bonds. The van der Waals surface area contributed by atoms with E-state index in [4.69, 9.17) is 0 Å². The van der Waals surface area contributed by atoms with Crippen LogP contribution in [0.1, 0.15) is 43.0 Å². The van der Waals surface area contributed by atoms with Crippen molar-refractivity contribution in [2.24, 2.45) is 0 Å². The Labute approximate surface area is 113 Å². The highest BCUT2D eigenvalue weighted by atomic mass is 32.1. The highest BCUT2D eigenvalue weighted by Gasteiger charge is 2.11. The average molecular weight is 269 g/mol. The Kier molecular flexibility index (Phi) is 6.90. The number of hydrogen-bond acceptors (Lipinski definition) is 4. The molecule has 102 valence electrons. The van der Waals surface area contributed by atoms with Crippen molar-refractivity contribution in [3.63, 3.8) is 0 Å². The maximum absolute atomic E-state index is 11.7. The highest BCUT2D eigenvalue weighted by molar-refractivity contribution is 7.11. The SMILES string of the molecule is CCCCCNC(=O)C(C)NCc1cnc(C)s1. The van der Waals surface area contributed by atoms with E-state index in [2.05, 4.69) is 22.5 Å². The van der Waals surface area contributed by atoms with Crippen molar-refractivity contribution in [1.29, 1.82) is 0 Å². The van der Waals surface area contributed by atoms with E-state index in [1.54, 1.807) is 11.3 Å². The molecule has 0 spiro atoms. The zero-order valence-electron chi connectivity index (χ0n) is 11.5. The number of carbonyl (C=O) groups excluding carboxylic acids is 1. The van der Waals surface area contributed by atoms with Gasteiger partial charge in [-0.3, -0.25) is 4.79 Å². The van der Waals surface area contributed by atoms with Crippen LogP contribution in [0.5, 0.6) is 0 Å². The second-order valence-electron chi connectivity index (χ2n) is 4.45. The van der Waals surface area contributed by atoms with Gasteiger partial charge in [0.15, 0.2) is 0 Å². The molecule has 4 nitrogen and oxygen atoms in total. The Morgan fingerprint density at radius 2 is 2.28 bits per heavy atom. The van der Waals surface area contributed by atoms with Gasteiger partial charge in [0, 0.05) is 24.2 Å². The molecule has 0 fully saturated rings. The van der Waals surface area contributed by atoms with Crippen LogP contribution in [-0.4, -0.2) is 23.5 Å². The summed E-state index contributed by atoms with van der Waals surface area (Å²) in [4.78, 5) is 17.1. The number of carbonyl (C=O) groups is 1. The van der Waals surface area contributed by atoms with Gasteiger partial charge in [-0.2, -0.15) is 0 Å². The fourth-order valence-corrected chi connectivity index (χ4v) is 2.32. The van der Waals surface area contributed by atoms with Crippen LogP contribution in [0.15, 0.2) is 6.20 Å². The number of nitrogens with one attached hydrogen (secondary N) is 2. The van der Waals surface area contributed by atoms with E-state index >= 15 is 0 Å². The monoisotopic (exact) mass is 269 g/mol. The molecule has 0 radical (unpaired) electrons. The third-order valence-electron chi connectivity index (χ3n) is 2.72. The van der Waals surface area contributed by atoms with Gasteiger partial charge in [-0.25, -0.2) is 4.98 Å². The second kappa shape index (κ2) is 8.21. The molecule has 0 saturated heterocycles. The molecule has 1 aromatic heterocycles. The maximum atomic E-state index is 11.7. The van der Waals surface area contributed by atoms with Crippen molar-refractivity contribution >= 4 is 17.2 Å². The fourth-order valence-electron chi connectivity index (χ4n) is 1.57. The predicted molar refractivity (Wildman–Crippen MR) is 75.7 cm³/mol. The molecule has 0 aliphatic heterocycles. The van der Waals surface area contributed by atoms with Crippen molar-refractivity contribution in [2.75, 3.05) is 6.54 Å². The summed E-state index contributed by atoms with van der Waals surface area (Å²) in [6.45, 7) is 7.51. The number of aryl methyl sites for hydroxylation is 1. The van der Waals surface area contributed by atoms with E-state index in [-0.39, 0.29) is 11.9 Å². The van der Waals surface area contributed by atoms with Gasteiger partial charge >= 0.3 is 0 Å². The first kappa shape index (κ1) is 15.1. The molecule has 0 aliphatic rings. The number of thiazole rings is 1. The number of amides is 1. The summed E-state index contributed by atoms with van der Waals surface area (Å²) in [5, 5.41) is 7.22. The Morgan fingerprint density at radius 1 is 1.50 bits per heavy atom. The predicted octanol–water partition coefficient (Wildman–Crippen LogP) is 2.24. The Hall–Kier alpha value is -0.940. The van der Waals surface area contributed by atoms with E-state index in [0.717, 1.165) is 22.9 Å². The number of unbranched alkanes of at least 4 members (excludes halogenated alkanes) is 2. The average Bonchev–Trinajstić information content (AvgIpc) is 2.77. The van der Waals surface area contributed by atoms with Gasteiger partial charge in [-0.05, 0) is 20.3 Å². The normalized spacial score (nSPS) is 12.4. The number of rotatable bonds is 8. The summed E-state index contributed by atoms with van der Waals surface area (Å²) >= 11 is 1.66. The summed E-state index contributed by atoms with van der Waals surface area (Å²) < 4.78 is 0. The van der Waals surface area contributed by atoms with Crippen LogP contribution in [0.4, 0.5) is 0 Å². The topological polar surface area (TPSA) is 54.0 Å². The molecule has 0 bridgehead atoms. The summed E-state index contributed by atoms with van der Waals surface area (Å²) in [5.74, 6) is 0.0762. The minimum Gasteiger partial charge on any atom is -0.355 e. The molecular formula is C13H23N3OS. The minimum absolute atomic E-state index is 0.0762. The fraction of sp³-hybridized carbons (Fsp3) is 0.692. The second-order valence-corrected chi connectivity index (χ2v) is 5.77. The highest BCUT2D eigenvalue weighted by Crippen LogP contribution is 2.10. The lowest BCUT2D eigenvalue weighted by Gasteiger charge is -2.13. The van der Waals surface area contributed by atoms with Crippen LogP contribution in [0.3, 0.4) is 0 Å². The molecule has 1 unspecified atom stereocenters. The molecule has 0 aromatic carbocycles. The number of hydrogen-bond donors (Lipinski definition) is 2. The Morgan fingerprint density at radius 3 is 2.89 bits per heavy atom. The summed E-state index contributed by atoms with van der Waals surface area (Å²) in [7, 11) is 0. The van der Waals surface area contributed by atoms with Crippen molar-refractivity contribution in [1.82, 2.24) is 15.6 Å². The lowest BCUT2D eigenvalue weighted by Crippen LogP contribution is -2.42. The largest absolute Gasteiger partial charge is 0.355 e. The summed E-state index contributed by atoms with van der Waals surface area (Å²) in [6.07, 6.45) is 5.26. The van der Waals surface area contributed by atoms with Crippen molar-refractivity contribution in [2.45, 2.75) is 52.6 Å². The molecule has 0 saturated carbocycles. The van der Waals surface area contributed by atoms with Gasteiger partial charge in [-0.15, -0.1) is 11.3 Å². The van der Waals surface area contributed by atoms with E-state index in [1.165, 1.54) is 12.8 Å². The van der Waals surface area contributed by atoms with Crippen LogP contribution >= 0.6 is 11.3 Å². The molecule has 1 heterocycles. The lowest BCUT2D eigenvalue weighted by molar-refractivity contribution is -0.122. The lowest BCUT2D eigenvalue weighted by atomic mass is 10.2. The van der Waals surface area contributed by atoms with Gasteiger partial charge < -0.3 is 10.6 Å². The smallest absolute Gasteiger partial charge is 0.236 e. The van der Waals surface area contributed by atoms with E-state index < -0.39 is 0 Å². The zero-order valence-corrected chi connectivity index (χ0v) is 12.3. The molecule has 1 rings (SSSR count). The van der Waals surface area contributed by atoms with Crippen molar-refractivity contribution in [3.05, 3.63) is 16.1 Å². The van der Waals surface area contributed by atoms with Crippen LogP contribution in [0.25, 0.3) is 0 Å². The number of aromatic nitrogens is 1. The Balaban J connectivity index is 2.19. The number of nitrogens with zero attached hydrogens (tertiary/aromatic N) is 1. The third kappa shape index (κ3) is 5.60. The molecule has 5 heteroatoms. The third-order valence-corrected chi connectivity index (χ3v) is 3.64. The first-order chi connectivity index (χ1) is 8.63.